The molecule has 0 spiro atoms. The van der Waals surface area contributed by atoms with Crippen molar-refractivity contribution < 1.29 is 41.3 Å². The normalized spacial score (nSPS) is 11.4. The highest BCUT2D eigenvalue weighted by molar-refractivity contribution is 7.93. The molecule has 4 aromatic carbocycles. The number of non-ortho nitro benzene ring substituents is 2. The molecule has 0 aliphatic carbocycles. The van der Waals surface area contributed by atoms with Crippen molar-refractivity contribution in [3.05, 3.63) is 125 Å². The maximum absolute atomic E-state index is 13.2. The van der Waals surface area contributed by atoms with Crippen molar-refractivity contribution in [2.24, 2.45) is 0 Å². The average Bonchev–Trinajstić information content (AvgIpc) is 3.03. The molecule has 4 aromatic rings. The number of anilines is 2. The molecule has 4 rings (SSSR count). The molecule has 0 aliphatic heterocycles. The van der Waals surface area contributed by atoms with Crippen LogP contribution in [0.4, 0.5) is 34.1 Å². The molecule has 0 fully saturated rings. The fourth-order valence-corrected chi connectivity index (χ4v) is 6.57. The number of rotatable bonds is 12. The molecule has 0 saturated carbocycles. The van der Waals surface area contributed by atoms with Gasteiger partial charge in [0.25, 0.3) is 42.8 Å². The Balaban J connectivity index is 1.53. The summed E-state index contributed by atoms with van der Waals surface area (Å²) in [6.45, 7) is 0. The molecule has 0 saturated heterocycles. The molecule has 0 radical (unpaired) electrons. The van der Waals surface area contributed by atoms with Gasteiger partial charge >= 0.3 is 0 Å². The topological polar surface area (TPSA) is 257 Å². The average molecular weight is 689 g/mol. The second kappa shape index (κ2) is 12.6. The molecular formula is C26H20N6O13S2. The fourth-order valence-electron chi connectivity index (χ4n) is 4.15. The quantitative estimate of drug-likeness (QED) is 0.144. The molecule has 0 aliphatic rings. The first-order valence-corrected chi connectivity index (χ1v) is 15.5. The van der Waals surface area contributed by atoms with Gasteiger partial charge in [0.05, 0.1) is 41.6 Å². The summed E-state index contributed by atoms with van der Waals surface area (Å²) in [5, 5.41) is 45.0. The van der Waals surface area contributed by atoms with Crippen LogP contribution < -0.4 is 13.3 Å². The molecule has 0 amide bonds. The van der Waals surface area contributed by atoms with E-state index in [1.807, 2.05) is 0 Å². The zero-order valence-corrected chi connectivity index (χ0v) is 25.5. The third-order valence-corrected chi connectivity index (χ3v) is 10.2. The van der Waals surface area contributed by atoms with E-state index in [4.69, 9.17) is 4.74 Å². The molecule has 0 N–H and O–H groups in total. The summed E-state index contributed by atoms with van der Waals surface area (Å²) in [6, 6.07) is 14.7. The Bertz CT molecular complexity index is 1990. The second-order valence-electron chi connectivity index (χ2n) is 9.36. The van der Waals surface area contributed by atoms with Crippen LogP contribution in [0.5, 0.6) is 11.5 Å². The van der Waals surface area contributed by atoms with E-state index in [-0.39, 0.29) is 21.3 Å². The summed E-state index contributed by atoms with van der Waals surface area (Å²) in [5.74, 6) is 0.226. The lowest BCUT2D eigenvalue weighted by Crippen LogP contribution is -2.27. The summed E-state index contributed by atoms with van der Waals surface area (Å²) in [5.41, 5.74) is -3.62. The number of nitro groups is 4. The largest absolute Gasteiger partial charge is 0.457 e. The predicted octanol–water partition coefficient (Wildman–Crippen LogP) is 4.76. The number of sulfonamides is 2. The smallest absolute Gasteiger partial charge is 0.300 e. The Morgan fingerprint density at radius 2 is 0.830 bits per heavy atom. The van der Waals surface area contributed by atoms with Crippen LogP contribution in [0, 0.1) is 40.5 Å². The number of hydrogen-bond acceptors (Lipinski definition) is 13. The lowest BCUT2D eigenvalue weighted by atomic mass is 10.2. The van der Waals surface area contributed by atoms with Gasteiger partial charge in [0, 0.05) is 26.2 Å². The molecule has 0 unspecified atom stereocenters. The standard InChI is InChI=1S/C26H20N6O13S2/c1-27(23-13-3-17(29(33)34)15-25(23)31(37)38)46(41,42)21-9-5-19(6-10-21)45-20-7-11-22(12-8-20)47(43,44)28(2)24-14-4-18(30(35)36)16-26(24)32(39)40/h3-16H,1-2H3. The SMILES string of the molecule is CN(c1ccc([N+](=O)[O-])cc1[N+](=O)[O-])S(=O)(=O)c1ccc(Oc2ccc(S(=O)(=O)N(C)c3ccc([N+](=O)[O-])cc3[N+](=O)[O-])cc2)cc1. The minimum atomic E-state index is -4.38. The van der Waals surface area contributed by atoms with Crippen LogP contribution in [0.3, 0.4) is 0 Å². The molecule has 0 atom stereocenters. The van der Waals surface area contributed by atoms with Crippen LogP contribution in [-0.2, 0) is 20.0 Å². The molecule has 19 nitrogen and oxygen atoms in total. The lowest BCUT2D eigenvalue weighted by Gasteiger charge is -2.20. The van der Waals surface area contributed by atoms with Gasteiger partial charge in [-0.2, -0.15) is 0 Å². The van der Waals surface area contributed by atoms with Crippen LogP contribution in [0.2, 0.25) is 0 Å². The maximum atomic E-state index is 13.2. The zero-order valence-electron chi connectivity index (χ0n) is 23.9. The summed E-state index contributed by atoms with van der Waals surface area (Å²) in [4.78, 5) is 40.8. The van der Waals surface area contributed by atoms with Gasteiger partial charge in [-0.3, -0.25) is 49.1 Å². The Morgan fingerprint density at radius 3 is 1.11 bits per heavy atom. The van der Waals surface area contributed by atoms with E-state index < -0.39 is 73.9 Å². The highest BCUT2D eigenvalue weighted by atomic mass is 32.2. The monoisotopic (exact) mass is 688 g/mol. The van der Waals surface area contributed by atoms with Crippen molar-refractivity contribution in [3.63, 3.8) is 0 Å². The van der Waals surface area contributed by atoms with Gasteiger partial charge in [-0.05, 0) is 60.7 Å². The van der Waals surface area contributed by atoms with Gasteiger partial charge < -0.3 is 4.74 Å². The number of nitrogens with zero attached hydrogens (tertiary/aromatic N) is 6. The van der Waals surface area contributed by atoms with Gasteiger partial charge in [-0.1, -0.05) is 0 Å². The van der Waals surface area contributed by atoms with Crippen LogP contribution in [0.25, 0.3) is 0 Å². The molecule has 0 bridgehead atoms. The fraction of sp³-hybridized carbons (Fsp3) is 0.0769. The van der Waals surface area contributed by atoms with Crippen molar-refractivity contribution in [2.45, 2.75) is 9.79 Å². The number of benzene rings is 4. The number of nitro benzene ring substituents is 4. The highest BCUT2D eigenvalue weighted by Crippen LogP contribution is 2.36. The van der Waals surface area contributed by atoms with Crippen molar-refractivity contribution in [2.75, 3.05) is 22.7 Å². The molecule has 0 aromatic heterocycles. The molecule has 21 heteroatoms. The van der Waals surface area contributed by atoms with Gasteiger partial charge in [0.1, 0.15) is 22.9 Å². The van der Waals surface area contributed by atoms with Crippen molar-refractivity contribution >= 4 is 54.2 Å². The van der Waals surface area contributed by atoms with E-state index in [1.165, 1.54) is 24.3 Å². The zero-order chi connectivity index (χ0) is 34.8. The first-order valence-electron chi connectivity index (χ1n) is 12.7. The van der Waals surface area contributed by atoms with Crippen LogP contribution in [0.1, 0.15) is 0 Å². The van der Waals surface area contributed by atoms with Crippen LogP contribution in [0.15, 0.2) is 94.7 Å². The molecule has 47 heavy (non-hydrogen) atoms. The highest BCUT2D eigenvalue weighted by Gasteiger charge is 2.31. The molecule has 0 heterocycles. The number of hydrogen-bond donors (Lipinski definition) is 0. The summed E-state index contributed by atoms with van der Waals surface area (Å²) < 4.78 is 59.6. The maximum Gasteiger partial charge on any atom is 0.300 e. The number of ether oxygens (including phenoxy) is 1. The van der Waals surface area contributed by atoms with E-state index in [0.717, 1.165) is 62.6 Å². The first-order chi connectivity index (χ1) is 21.9. The third-order valence-electron chi connectivity index (χ3n) is 6.61. The lowest BCUT2D eigenvalue weighted by molar-refractivity contribution is -0.393. The predicted molar refractivity (Wildman–Crippen MR) is 164 cm³/mol. The van der Waals surface area contributed by atoms with Crippen molar-refractivity contribution in [1.29, 1.82) is 0 Å². The minimum absolute atomic E-state index is 0.113. The minimum Gasteiger partial charge on any atom is -0.457 e. The summed E-state index contributed by atoms with van der Waals surface area (Å²) >= 11 is 0. The Kier molecular flexibility index (Phi) is 9.06. The van der Waals surface area contributed by atoms with Gasteiger partial charge in [-0.25, -0.2) is 16.8 Å². The summed E-state index contributed by atoms with van der Waals surface area (Å²) in [7, 11) is -6.68. The van der Waals surface area contributed by atoms with Crippen LogP contribution >= 0.6 is 0 Å². The third kappa shape index (κ3) is 6.74. The van der Waals surface area contributed by atoms with Gasteiger partial charge in [0.2, 0.25) is 0 Å². The Morgan fingerprint density at radius 1 is 0.511 bits per heavy atom. The van der Waals surface area contributed by atoms with E-state index in [1.54, 1.807) is 0 Å². The molecule has 244 valence electrons. The van der Waals surface area contributed by atoms with Gasteiger partial charge in [-0.15, -0.1) is 0 Å². The van der Waals surface area contributed by atoms with Crippen molar-refractivity contribution in [3.8, 4) is 11.5 Å². The van der Waals surface area contributed by atoms with E-state index in [0.29, 0.717) is 20.7 Å². The Hall–Kier alpha value is -6.22. The Labute approximate surface area is 264 Å². The van der Waals surface area contributed by atoms with E-state index in [9.17, 15) is 57.3 Å². The van der Waals surface area contributed by atoms with Crippen molar-refractivity contribution in [1.82, 2.24) is 0 Å². The molecular weight excluding hydrogens is 668 g/mol. The van der Waals surface area contributed by atoms with Gasteiger partial charge in [0.15, 0.2) is 0 Å². The summed E-state index contributed by atoms with van der Waals surface area (Å²) in [6.07, 6.45) is 0. The van der Waals surface area contributed by atoms with Crippen LogP contribution in [-0.4, -0.2) is 50.6 Å². The second-order valence-corrected chi connectivity index (χ2v) is 13.3. The first kappa shape index (κ1) is 33.7. The van der Waals surface area contributed by atoms with E-state index in [2.05, 4.69) is 0 Å². The van der Waals surface area contributed by atoms with E-state index >= 15 is 0 Å².